The van der Waals surface area contributed by atoms with E-state index in [1.165, 1.54) is 19.4 Å². The van der Waals surface area contributed by atoms with Crippen molar-refractivity contribution < 1.29 is 13.9 Å². The van der Waals surface area contributed by atoms with Gasteiger partial charge in [0.05, 0.1) is 26.6 Å². The van der Waals surface area contributed by atoms with Crippen molar-refractivity contribution in [2.75, 3.05) is 14.2 Å². The van der Waals surface area contributed by atoms with Crippen LogP contribution in [-0.4, -0.2) is 26.6 Å². The molecule has 0 spiro atoms. The fourth-order valence-corrected chi connectivity index (χ4v) is 1.65. The Bertz CT molecular complexity index is 652. The van der Waals surface area contributed by atoms with Crippen LogP contribution in [0, 0.1) is 5.82 Å². The van der Waals surface area contributed by atoms with Crippen LogP contribution >= 0.6 is 0 Å². The van der Waals surface area contributed by atoms with Gasteiger partial charge in [0.15, 0.2) is 11.6 Å². The van der Waals surface area contributed by atoms with E-state index in [1.54, 1.807) is 25.5 Å². The minimum absolute atomic E-state index is 0.203. The first-order chi connectivity index (χ1) is 10.2. The first-order valence-corrected chi connectivity index (χ1v) is 6.27. The van der Waals surface area contributed by atoms with Crippen molar-refractivity contribution in [2.24, 2.45) is 10.2 Å². The average molecular weight is 286 g/mol. The summed E-state index contributed by atoms with van der Waals surface area (Å²) in [5.41, 5.74) is 1.51. The molecule has 0 amide bonds. The van der Waals surface area contributed by atoms with Crippen LogP contribution in [0.1, 0.15) is 11.1 Å². The van der Waals surface area contributed by atoms with Gasteiger partial charge in [-0.05, 0) is 53.6 Å². The molecule has 108 valence electrons. The van der Waals surface area contributed by atoms with Crippen molar-refractivity contribution in [3.8, 4) is 11.5 Å². The molecule has 2 rings (SSSR count). The number of nitrogens with zero attached hydrogens (tertiary/aromatic N) is 2. The maximum absolute atomic E-state index is 13.5. The molecule has 0 N–H and O–H groups in total. The lowest BCUT2D eigenvalue weighted by atomic mass is 10.2. The molecule has 4 nitrogen and oxygen atoms in total. The number of hydrogen-bond donors (Lipinski definition) is 0. The third-order valence-corrected chi connectivity index (χ3v) is 2.77. The summed E-state index contributed by atoms with van der Waals surface area (Å²) in [5.74, 6) is 0.554. The van der Waals surface area contributed by atoms with Crippen molar-refractivity contribution in [1.82, 2.24) is 0 Å². The summed E-state index contributed by atoms with van der Waals surface area (Å²) in [5, 5.41) is 7.80. The summed E-state index contributed by atoms with van der Waals surface area (Å²) in [6.07, 6.45) is 3.08. The molecule has 0 saturated heterocycles. The van der Waals surface area contributed by atoms with Gasteiger partial charge in [-0.25, -0.2) is 4.39 Å². The Hall–Kier alpha value is -2.69. The summed E-state index contributed by atoms with van der Waals surface area (Å²) in [6, 6.07) is 12.0. The Balaban J connectivity index is 2.00. The zero-order valence-corrected chi connectivity index (χ0v) is 11.8. The highest BCUT2D eigenvalue weighted by atomic mass is 19.1. The van der Waals surface area contributed by atoms with Gasteiger partial charge in [0.25, 0.3) is 0 Å². The second-order valence-corrected chi connectivity index (χ2v) is 4.16. The van der Waals surface area contributed by atoms with Gasteiger partial charge in [-0.3, -0.25) is 0 Å². The van der Waals surface area contributed by atoms with E-state index in [-0.39, 0.29) is 5.75 Å². The highest BCUT2D eigenvalue weighted by Crippen LogP contribution is 2.16. The Morgan fingerprint density at radius 1 is 0.857 bits per heavy atom. The topological polar surface area (TPSA) is 43.2 Å². The predicted molar refractivity (Wildman–Crippen MR) is 81.1 cm³/mol. The smallest absolute Gasteiger partial charge is 0.165 e. The highest BCUT2D eigenvalue weighted by Gasteiger charge is 2.01. The van der Waals surface area contributed by atoms with E-state index in [0.717, 1.165) is 11.3 Å². The average Bonchev–Trinajstić information content (AvgIpc) is 2.52. The first-order valence-electron chi connectivity index (χ1n) is 6.27. The first kappa shape index (κ1) is 14.7. The fraction of sp³-hybridized carbons (Fsp3) is 0.125. The van der Waals surface area contributed by atoms with E-state index < -0.39 is 5.82 Å². The van der Waals surface area contributed by atoms with Crippen molar-refractivity contribution in [1.29, 1.82) is 0 Å². The van der Waals surface area contributed by atoms with Gasteiger partial charge in [-0.2, -0.15) is 10.2 Å². The van der Waals surface area contributed by atoms with E-state index in [4.69, 9.17) is 9.47 Å². The summed E-state index contributed by atoms with van der Waals surface area (Å²) in [7, 11) is 3.03. The van der Waals surface area contributed by atoms with E-state index in [1.807, 2.05) is 24.3 Å². The van der Waals surface area contributed by atoms with Crippen molar-refractivity contribution in [3.05, 3.63) is 59.4 Å². The molecule has 2 aromatic rings. The maximum atomic E-state index is 13.5. The molecule has 0 heterocycles. The van der Waals surface area contributed by atoms with Crippen molar-refractivity contribution in [2.45, 2.75) is 0 Å². The third-order valence-electron chi connectivity index (χ3n) is 2.77. The van der Waals surface area contributed by atoms with E-state index in [9.17, 15) is 4.39 Å². The van der Waals surface area contributed by atoms with Gasteiger partial charge >= 0.3 is 0 Å². The van der Waals surface area contributed by atoms with Gasteiger partial charge < -0.3 is 9.47 Å². The molecule has 5 heteroatoms. The molecule has 0 saturated carbocycles. The van der Waals surface area contributed by atoms with Crippen LogP contribution < -0.4 is 9.47 Å². The molecule has 0 unspecified atom stereocenters. The zero-order valence-electron chi connectivity index (χ0n) is 11.8. The molecule has 0 aromatic heterocycles. The molecule has 0 aliphatic rings. The lowest BCUT2D eigenvalue weighted by Gasteiger charge is -2.01. The molecular weight excluding hydrogens is 271 g/mol. The molecule has 0 radical (unpaired) electrons. The van der Waals surface area contributed by atoms with Crippen molar-refractivity contribution in [3.63, 3.8) is 0 Å². The lowest BCUT2D eigenvalue weighted by Crippen LogP contribution is -1.90. The lowest BCUT2D eigenvalue weighted by molar-refractivity contribution is 0.386. The van der Waals surface area contributed by atoms with Crippen LogP contribution in [0.15, 0.2) is 52.7 Å². The van der Waals surface area contributed by atoms with Crippen LogP contribution in [0.2, 0.25) is 0 Å². The molecule has 0 aliphatic carbocycles. The number of ether oxygens (including phenoxy) is 2. The molecular formula is C16H15FN2O2. The third kappa shape index (κ3) is 4.14. The second-order valence-electron chi connectivity index (χ2n) is 4.16. The summed E-state index contributed by atoms with van der Waals surface area (Å²) >= 11 is 0. The molecule has 2 aromatic carbocycles. The summed E-state index contributed by atoms with van der Waals surface area (Å²) < 4.78 is 23.4. The Morgan fingerprint density at radius 3 is 2.05 bits per heavy atom. The van der Waals surface area contributed by atoms with E-state index >= 15 is 0 Å². The van der Waals surface area contributed by atoms with Crippen LogP contribution in [0.25, 0.3) is 0 Å². The zero-order chi connectivity index (χ0) is 15.1. The SMILES string of the molecule is COc1ccc(/C=N/N=C/c2ccc(OC)c(F)c2)cc1. The number of benzene rings is 2. The minimum Gasteiger partial charge on any atom is -0.497 e. The van der Waals surface area contributed by atoms with E-state index in [2.05, 4.69) is 10.2 Å². The van der Waals surface area contributed by atoms with E-state index in [0.29, 0.717) is 5.56 Å². The number of methoxy groups -OCH3 is 2. The fourth-order valence-electron chi connectivity index (χ4n) is 1.65. The summed E-state index contributed by atoms with van der Waals surface area (Å²) in [6.45, 7) is 0. The van der Waals surface area contributed by atoms with Gasteiger partial charge in [0, 0.05) is 0 Å². The second kappa shape index (κ2) is 7.19. The quantitative estimate of drug-likeness (QED) is 0.625. The van der Waals surface area contributed by atoms with Gasteiger partial charge in [0.1, 0.15) is 5.75 Å². The van der Waals surface area contributed by atoms with Crippen LogP contribution in [0.4, 0.5) is 4.39 Å². The molecule has 0 aliphatic heterocycles. The molecule has 0 atom stereocenters. The van der Waals surface area contributed by atoms with Gasteiger partial charge in [-0.1, -0.05) is 0 Å². The predicted octanol–water partition coefficient (Wildman–Crippen LogP) is 3.30. The monoisotopic (exact) mass is 286 g/mol. The normalized spacial score (nSPS) is 11.2. The largest absolute Gasteiger partial charge is 0.497 e. The summed E-state index contributed by atoms with van der Waals surface area (Å²) in [4.78, 5) is 0. The highest BCUT2D eigenvalue weighted by molar-refractivity contribution is 5.82. The Labute approximate surface area is 122 Å². The van der Waals surface area contributed by atoms with Crippen LogP contribution in [0.3, 0.4) is 0 Å². The molecule has 0 fully saturated rings. The maximum Gasteiger partial charge on any atom is 0.165 e. The Morgan fingerprint density at radius 2 is 1.48 bits per heavy atom. The number of rotatable bonds is 5. The van der Waals surface area contributed by atoms with Gasteiger partial charge in [0.2, 0.25) is 0 Å². The number of hydrogen-bond acceptors (Lipinski definition) is 4. The minimum atomic E-state index is -0.430. The number of halogens is 1. The van der Waals surface area contributed by atoms with Crippen LogP contribution in [0.5, 0.6) is 11.5 Å². The Kier molecular flexibility index (Phi) is 5.04. The van der Waals surface area contributed by atoms with Crippen molar-refractivity contribution >= 4 is 12.4 Å². The van der Waals surface area contributed by atoms with Gasteiger partial charge in [-0.15, -0.1) is 0 Å². The van der Waals surface area contributed by atoms with Crippen LogP contribution in [-0.2, 0) is 0 Å². The molecule has 0 bridgehead atoms. The molecule has 21 heavy (non-hydrogen) atoms. The standard InChI is InChI=1S/C16H15FN2O2/c1-20-14-6-3-12(4-7-14)10-18-19-11-13-5-8-16(21-2)15(17)9-13/h3-11H,1-2H3/b18-10+,19-11+.